The normalized spacial score (nSPS) is 15.9. The molecule has 0 amide bonds. The van der Waals surface area contributed by atoms with E-state index in [0.29, 0.717) is 0 Å². The number of fused-ring (bicyclic) bond motifs is 1. The Hall–Kier alpha value is -7.10. The summed E-state index contributed by atoms with van der Waals surface area (Å²) in [5, 5.41) is 79.5. The van der Waals surface area contributed by atoms with E-state index in [1.165, 1.54) is 36.4 Å². The predicted octanol–water partition coefficient (Wildman–Crippen LogP) is 3.42. The molecule has 53 heavy (non-hydrogen) atoms. The van der Waals surface area contributed by atoms with Gasteiger partial charge in [-0.15, -0.1) is 0 Å². The molecule has 16 nitrogen and oxygen atoms in total. The number of rotatable bonds is 12. The third kappa shape index (κ3) is 8.28. The number of carboxylic acids is 1. The van der Waals surface area contributed by atoms with E-state index in [0.717, 1.165) is 49.6 Å². The van der Waals surface area contributed by atoms with Crippen LogP contribution in [-0.2, 0) is 46.2 Å². The molecule has 0 bridgehead atoms. The first-order valence-corrected chi connectivity index (χ1v) is 15.6. The van der Waals surface area contributed by atoms with Gasteiger partial charge in [0, 0.05) is 24.5 Å². The van der Waals surface area contributed by atoms with Gasteiger partial charge in [0.2, 0.25) is 12.2 Å². The third-order valence-corrected chi connectivity index (χ3v) is 8.23. The van der Waals surface area contributed by atoms with Crippen LogP contribution in [0.15, 0.2) is 72.8 Å². The van der Waals surface area contributed by atoms with Crippen LogP contribution in [-0.4, -0.2) is 84.0 Å². The van der Waals surface area contributed by atoms with Gasteiger partial charge in [-0.25, -0.2) is 14.4 Å². The summed E-state index contributed by atoms with van der Waals surface area (Å²) in [7, 11) is 1.05. The van der Waals surface area contributed by atoms with Crippen LogP contribution < -0.4 is 4.74 Å². The minimum Gasteiger partial charge on any atom is -0.504 e. The van der Waals surface area contributed by atoms with Gasteiger partial charge in [-0.1, -0.05) is 24.3 Å². The fraction of sp³-hybridized carbons (Fsp3) is 0.189. The molecule has 16 heteroatoms. The Morgan fingerprint density at radius 2 is 1.25 bits per heavy atom. The van der Waals surface area contributed by atoms with Crippen LogP contribution in [0.2, 0.25) is 0 Å². The lowest BCUT2D eigenvalue weighted by atomic mass is 9.87. The van der Waals surface area contributed by atoms with E-state index in [9.17, 15) is 60.0 Å². The van der Waals surface area contributed by atoms with Crippen molar-refractivity contribution in [1.29, 1.82) is 0 Å². The quantitative estimate of drug-likeness (QED) is 0.0449. The van der Waals surface area contributed by atoms with Crippen LogP contribution in [0.4, 0.5) is 0 Å². The third-order valence-electron chi connectivity index (χ3n) is 8.23. The molecule has 4 atom stereocenters. The van der Waals surface area contributed by atoms with Crippen molar-refractivity contribution in [3.05, 3.63) is 101 Å². The largest absolute Gasteiger partial charge is 0.504 e. The summed E-state index contributed by atoms with van der Waals surface area (Å²) >= 11 is 0. The van der Waals surface area contributed by atoms with E-state index in [2.05, 4.69) is 0 Å². The minimum atomic E-state index is -1.72. The van der Waals surface area contributed by atoms with E-state index < -0.39 is 88.4 Å². The average Bonchev–Trinajstić information content (AvgIpc) is 3.53. The molecule has 4 aromatic rings. The molecule has 5 rings (SSSR count). The van der Waals surface area contributed by atoms with Gasteiger partial charge in [0.15, 0.2) is 46.0 Å². The summed E-state index contributed by atoms with van der Waals surface area (Å²) in [5.41, 5.74) is 0.661. The zero-order chi connectivity index (χ0) is 38.6. The molecule has 1 heterocycles. The molecule has 0 fully saturated rings. The lowest BCUT2D eigenvalue weighted by Gasteiger charge is -2.22. The van der Waals surface area contributed by atoms with Gasteiger partial charge >= 0.3 is 23.9 Å². The molecule has 1 aliphatic heterocycles. The first-order chi connectivity index (χ1) is 25.2. The SMILES string of the molecule is COC(=O)[C@@H](Cc1ccc(O)c(O)c1)OC(=O)[C@@H]1c2c(C=CC(=O)O[C@H](Cc3ccc(O)c(O)c3)C(=O)O)ccc(O)c2O[C@H]1c1ccc(O)c(O)c1. The summed E-state index contributed by atoms with van der Waals surface area (Å²) in [4.78, 5) is 51.7. The molecule has 0 saturated heterocycles. The number of ether oxygens (including phenoxy) is 4. The van der Waals surface area contributed by atoms with Gasteiger partial charge in [-0.3, -0.25) is 4.79 Å². The lowest BCUT2D eigenvalue weighted by molar-refractivity contribution is -0.167. The van der Waals surface area contributed by atoms with Crippen molar-refractivity contribution in [2.24, 2.45) is 0 Å². The number of carbonyl (C=O) groups is 4. The Bertz CT molecular complexity index is 2100. The van der Waals surface area contributed by atoms with Gasteiger partial charge in [0.1, 0.15) is 12.0 Å². The molecule has 0 spiro atoms. The first kappa shape index (κ1) is 37.2. The van der Waals surface area contributed by atoms with Gasteiger partial charge in [-0.05, 0) is 70.8 Å². The van der Waals surface area contributed by atoms with Gasteiger partial charge < -0.3 is 59.8 Å². The van der Waals surface area contributed by atoms with Crippen LogP contribution in [0.25, 0.3) is 6.08 Å². The van der Waals surface area contributed by atoms with Crippen molar-refractivity contribution in [3.63, 3.8) is 0 Å². The van der Waals surface area contributed by atoms with E-state index in [-0.39, 0.29) is 46.4 Å². The first-order valence-electron chi connectivity index (χ1n) is 15.6. The number of aliphatic carboxylic acids is 1. The second-order valence-corrected chi connectivity index (χ2v) is 11.8. The Labute approximate surface area is 299 Å². The molecule has 0 saturated carbocycles. The van der Waals surface area contributed by atoms with E-state index in [1.54, 1.807) is 0 Å². The number of carboxylic acid groups (broad SMARTS) is 1. The summed E-state index contributed by atoms with van der Waals surface area (Å²) in [6.07, 6.45) is -3.35. The van der Waals surface area contributed by atoms with E-state index in [1.807, 2.05) is 0 Å². The second-order valence-electron chi connectivity index (χ2n) is 11.8. The molecular formula is C37H32O16. The summed E-state index contributed by atoms with van der Waals surface area (Å²) < 4.78 is 21.6. The van der Waals surface area contributed by atoms with Gasteiger partial charge in [0.25, 0.3) is 0 Å². The number of phenols is 7. The highest BCUT2D eigenvalue weighted by atomic mass is 16.6. The average molecular weight is 733 g/mol. The van der Waals surface area contributed by atoms with Crippen LogP contribution >= 0.6 is 0 Å². The molecule has 8 N–H and O–H groups in total. The van der Waals surface area contributed by atoms with Crippen LogP contribution in [0, 0.1) is 0 Å². The summed E-state index contributed by atoms with van der Waals surface area (Å²) in [6.45, 7) is 0. The van der Waals surface area contributed by atoms with Crippen molar-refractivity contribution in [3.8, 4) is 46.0 Å². The molecule has 0 aromatic heterocycles. The summed E-state index contributed by atoms with van der Waals surface area (Å²) in [5.74, 6) is -9.88. The lowest BCUT2D eigenvalue weighted by Crippen LogP contribution is -2.33. The Kier molecular flexibility index (Phi) is 10.8. The number of aromatic hydroxyl groups is 7. The Morgan fingerprint density at radius 1 is 0.698 bits per heavy atom. The van der Waals surface area contributed by atoms with Crippen molar-refractivity contribution in [1.82, 2.24) is 0 Å². The Morgan fingerprint density at radius 3 is 1.79 bits per heavy atom. The molecule has 0 radical (unpaired) electrons. The van der Waals surface area contributed by atoms with Crippen molar-refractivity contribution in [2.45, 2.75) is 37.1 Å². The molecular weight excluding hydrogens is 700 g/mol. The molecule has 0 aliphatic carbocycles. The zero-order valence-corrected chi connectivity index (χ0v) is 27.6. The van der Waals surface area contributed by atoms with Crippen molar-refractivity contribution >= 4 is 30.0 Å². The van der Waals surface area contributed by atoms with Crippen LogP contribution in [0.5, 0.6) is 46.0 Å². The number of benzene rings is 4. The molecule has 1 aliphatic rings. The minimum absolute atomic E-state index is 0.0446. The number of phenolic OH excluding ortho intramolecular Hbond substituents is 7. The van der Waals surface area contributed by atoms with Gasteiger partial charge in [0.05, 0.1) is 7.11 Å². The van der Waals surface area contributed by atoms with Crippen LogP contribution in [0.3, 0.4) is 0 Å². The highest BCUT2D eigenvalue weighted by molar-refractivity contribution is 5.92. The standard InChI is InChI=1S/C37H32O16/c1-50-36(48)29(15-18-3-8-22(39)26(43)13-18)52-37(49)32-31-19(4-10-24(41)34(31)53-33(32)20-5-9-23(40)27(44)16-20)6-11-30(45)51-28(35(46)47)14-17-2-7-21(38)25(42)12-17/h2-13,16,28-29,32-33,38-44H,14-15H2,1H3,(H,46,47)/t28-,29-,32-,33+/m1/s1. The van der Waals surface area contributed by atoms with E-state index in [4.69, 9.17) is 18.9 Å². The van der Waals surface area contributed by atoms with Crippen molar-refractivity contribution in [2.75, 3.05) is 7.11 Å². The fourth-order valence-corrected chi connectivity index (χ4v) is 5.61. The monoisotopic (exact) mass is 732 g/mol. The Balaban J connectivity index is 1.49. The second kappa shape index (κ2) is 15.4. The molecule has 276 valence electrons. The maximum atomic E-state index is 14.1. The molecule has 4 aromatic carbocycles. The highest BCUT2D eigenvalue weighted by Crippen LogP contribution is 2.53. The number of hydrogen-bond acceptors (Lipinski definition) is 15. The van der Waals surface area contributed by atoms with Gasteiger partial charge in [-0.2, -0.15) is 0 Å². The number of esters is 3. The van der Waals surface area contributed by atoms with E-state index >= 15 is 0 Å². The summed E-state index contributed by atoms with van der Waals surface area (Å²) in [6, 6.07) is 13.3. The smallest absolute Gasteiger partial charge is 0.347 e. The number of hydrogen-bond donors (Lipinski definition) is 8. The zero-order valence-electron chi connectivity index (χ0n) is 27.6. The van der Waals surface area contributed by atoms with Crippen LogP contribution in [0.1, 0.15) is 39.8 Å². The number of methoxy groups -OCH3 is 1. The fourth-order valence-electron chi connectivity index (χ4n) is 5.61. The topological polar surface area (TPSA) is 267 Å². The molecule has 0 unspecified atom stereocenters. The van der Waals surface area contributed by atoms with Crippen molar-refractivity contribution < 1.29 is 79.0 Å². The number of carbonyl (C=O) groups excluding carboxylic acids is 3. The predicted molar refractivity (Wildman–Crippen MR) is 179 cm³/mol. The maximum Gasteiger partial charge on any atom is 0.347 e. The highest BCUT2D eigenvalue weighted by Gasteiger charge is 2.46. The maximum absolute atomic E-state index is 14.1.